The number of hydrogen-bond donors (Lipinski definition) is 0. The van der Waals surface area contributed by atoms with Gasteiger partial charge in [0.25, 0.3) is 0 Å². The van der Waals surface area contributed by atoms with Gasteiger partial charge in [-0.3, -0.25) is 0 Å². The molecule has 6 unspecified atom stereocenters. The zero-order valence-corrected chi connectivity index (χ0v) is 29.2. The molecule has 6 atom stereocenters. The van der Waals surface area contributed by atoms with E-state index < -0.39 is 0 Å². The maximum absolute atomic E-state index is 2.42. The largest absolute Gasteiger partial charge is 0.0622 e. The van der Waals surface area contributed by atoms with E-state index in [-0.39, 0.29) is 29.6 Å². The Morgan fingerprint density at radius 3 is 0.706 bits per heavy atom. The third-order valence-electron chi connectivity index (χ3n) is 11.6. The molecule has 1 aliphatic rings. The van der Waals surface area contributed by atoms with Crippen LogP contribution in [0, 0.1) is 11.8 Å². The molecule has 250 valence electrons. The zero-order chi connectivity index (χ0) is 34.2. The summed E-state index contributed by atoms with van der Waals surface area (Å²) in [5.74, 6) is 1.85. The van der Waals surface area contributed by atoms with Crippen LogP contribution < -0.4 is 0 Å². The van der Waals surface area contributed by atoms with E-state index in [9.17, 15) is 0 Å². The van der Waals surface area contributed by atoms with Gasteiger partial charge in [0, 0.05) is 0 Å². The first kappa shape index (κ1) is 32.7. The summed E-state index contributed by atoms with van der Waals surface area (Å²) in [6.07, 6.45) is 2.00. The van der Waals surface area contributed by atoms with Gasteiger partial charge < -0.3 is 0 Å². The van der Waals surface area contributed by atoms with Gasteiger partial charge in [-0.2, -0.15) is 0 Å². The van der Waals surface area contributed by atoms with Crippen molar-refractivity contribution in [1.82, 2.24) is 0 Å². The molecule has 7 aromatic carbocycles. The molecule has 0 aromatic heterocycles. The van der Waals surface area contributed by atoms with Gasteiger partial charge in [0.2, 0.25) is 0 Å². The Morgan fingerprint density at radius 2 is 0.431 bits per heavy atom. The highest BCUT2D eigenvalue weighted by molar-refractivity contribution is 5.44. The molecule has 0 radical (unpaired) electrons. The van der Waals surface area contributed by atoms with Gasteiger partial charge in [-0.25, -0.2) is 0 Å². The highest BCUT2D eigenvalue weighted by Gasteiger charge is 2.52. The molecule has 0 heterocycles. The van der Waals surface area contributed by atoms with E-state index in [1.54, 1.807) is 0 Å². The van der Waals surface area contributed by atoms with Gasteiger partial charge in [-0.1, -0.05) is 212 Å². The first-order valence-corrected chi connectivity index (χ1v) is 18.7. The molecule has 0 amide bonds. The van der Waals surface area contributed by atoms with Crippen molar-refractivity contribution in [3.05, 3.63) is 251 Å². The topological polar surface area (TPSA) is 0 Å². The average molecular weight is 659 g/mol. The van der Waals surface area contributed by atoms with Crippen molar-refractivity contribution in [2.45, 2.75) is 42.4 Å². The first-order valence-electron chi connectivity index (χ1n) is 18.7. The van der Waals surface area contributed by atoms with Crippen LogP contribution in [-0.2, 0) is 12.8 Å². The van der Waals surface area contributed by atoms with Crippen molar-refractivity contribution in [3.63, 3.8) is 0 Å². The molecule has 0 aliphatic heterocycles. The Hall–Kier alpha value is -5.46. The predicted octanol–water partition coefficient (Wildman–Crippen LogP) is 12.6. The highest BCUT2D eigenvalue weighted by Crippen LogP contribution is 2.63. The van der Waals surface area contributed by atoms with Gasteiger partial charge in [0.15, 0.2) is 0 Å². The molecule has 8 rings (SSSR count). The van der Waals surface area contributed by atoms with E-state index in [2.05, 4.69) is 212 Å². The van der Waals surface area contributed by atoms with Gasteiger partial charge in [0.1, 0.15) is 0 Å². The molecule has 1 saturated carbocycles. The number of benzene rings is 7. The van der Waals surface area contributed by atoms with Crippen LogP contribution in [0.25, 0.3) is 0 Å². The fourth-order valence-corrected chi connectivity index (χ4v) is 9.63. The van der Waals surface area contributed by atoms with Gasteiger partial charge >= 0.3 is 0 Å². The summed E-state index contributed by atoms with van der Waals surface area (Å²) in [5.41, 5.74) is 9.97. The Kier molecular flexibility index (Phi) is 10.0. The lowest BCUT2D eigenvalue weighted by molar-refractivity contribution is 0.263. The predicted molar refractivity (Wildman–Crippen MR) is 213 cm³/mol. The van der Waals surface area contributed by atoms with Crippen LogP contribution in [0.3, 0.4) is 0 Å². The summed E-state index contributed by atoms with van der Waals surface area (Å²) in [4.78, 5) is 0. The van der Waals surface area contributed by atoms with Gasteiger partial charge in [-0.15, -0.1) is 0 Å². The lowest BCUT2D eigenvalue weighted by Crippen LogP contribution is -2.31. The van der Waals surface area contributed by atoms with E-state index >= 15 is 0 Å². The van der Waals surface area contributed by atoms with Crippen LogP contribution in [0.1, 0.15) is 68.5 Å². The van der Waals surface area contributed by atoms with Crippen molar-refractivity contribution in [3.8, 4) is 0 Å². The van der Waals surface area contributed by atoms with Crippen LogP contribution in [0.4, 0.5) is 0 Å². The molecule has 0 spiro atoms. The molecular formula is C51H46. The second-order valence-electron chi connectivity index (χ2n) is 14.4. The first-order chi connectivity index (χ1) is 25.3. The standard InChI is InChI=1S/C51H46/c1-8-22-38(23-9-1)36-45-47(40-26-12-3-13-27-40)46(37-39-24-10-2-11-25-39)49(42-30-16-5-17-31-42)51(44-34-20-7-21-35-44)50(43-32-18-6-19-33-43)48(45)41-28-14-4-15-29-41/h1-35,45-51H,36-37H2. The van der Waals surface area contributed by atoms with Crippen LogP contribution >= 0.6 is 0 Å². The monoisotopic (exact) mass is 658 g/mol. The lowest BCUT2D eigenvalue weighted by Gasteiger charge is -2.40. The minimum Gasteiger partial charge on any atom is -0.0622 e. The number of rotatable bonds is 9. The normalized spacial score (nSPS) is 23.3. The fourth-order valence-electron chi connectivity index (χ4n) is 9.63. The van der Waals surface area contributed by atoms with Crippen molar-refractivity contribution in [2.24, 2.45) is 11.8 Å². The number of hydrogen-bond acceptors (Lipinski definition) is 0. The summed E-state index contributed by atoms with van der Waals surface area (Å²) < 4.78 is 0. The van der Waals surface area contributed by atoms with E-state index in [0.29, 0.717) is 11.8 Å². The Bertz CT molecular complexity index is 1910. The van der Waals surface area contributed by atoms with Crippen molar-refractivity contribution in [1.29, 1.82) is 0 Å². The molecule has 7 aromatic rings. The van der Waals surface area contributed by atoms with Crippen LogP contribution in [-0.4, -0.2) is 0 Å². The Labute approximate surface area is 304 Å². The summed E-state index contributed by atoms with van der Waals surface area (Å²) in [6.45, 7) is 0. The molecule has 0 nitrogen and oxygen atoms in total. The van der Waals surface area contributed by atoms with Crippen LogP contribution in [0.5, 0.6) is 0 Å². The molecule has 1 aliphatic carbocycles. The van der Waals surface area contributed by atoms with E-state index in [1.807, 2.05) is 0 Å². The molecule has 1 fully saturated rings. The van der Waals surface area contributed by atoms with E-state index in [4.69, 9.17) is 0 Å². The van der Waals surface area contributed by atoms with Gasteiger partial charge in [0.05, 0.1) is 0 Å². The Balaban J connectivity index is 1.50. The van der Waals surface area contributed by atoms with Crippen molar-refractivity contribution >= 4 is 0 Å². The molecule has 0 N–H and O–H groups in total. The maximum atomic E-state index is 2.42. The average Bonchev–Trinajstić information content (AvgIpc) is 3.33. The van der Waals surface area contributed by atoms with Crippen molar-refractivity contribution in [2.75, 3.05) is 0 Å². The quantitative estimate of drug-likeness (QED) is 0.135. The molecule has 0 heteroatoms. The summed E-state index contributed by atoms with van der Waals surface area (Å²) in [7, 11) is 0. The highest BCUT2D eigenvalue weighted by atomic mass is 14.5. The minimum atomic E-state index is 0.224. The lowest BCUT2D eigenvalue weighted by atomic mass is 9.63. The molecule has 0 saturated heterocycles. The molecular weight excluding hydrogens is 613 g/mol. The Morgan fingerprint density at radius 1 is 0.216 bits per heavy atom. The summed E-state index contributed by atoms with van der Waals surface area (Å²) in [6, 6.07) is 80.2. The SMILES string of the molecule is c1ccc(CC2C(c3ccccc3)C(Cc3ccccc3)C(c3ccccc3)C(c3ccccc3)C(c3ccccc3)C2c2ccccc2)cc1. The second kappa shape index (κ2) is 15.6. The van der Waals surface area contributed by atoms with Crippen LogP contribution in [0.15, 0.2) is 212 Å². The molecule has 0 bridgehead atoms. The third kappa shape index (κ3) is 7.10. The summed E-state index contributed by atoms with van der Waals surface area (Å²) >= 11 is 0. The summed E-state index contributed by atoms with van der Waals surface area (Å²) in [5, 5.41) is 0. The van der Waals surface area contributed by atoms with Crippen LogP contribution in [0.2, 0.25) is 0 Å². The second-order valence-corrected chi connectivity index (χ2v) is 14.4. The molecule has 51 heavy (non-hydrogen) atoms. The third-order valence-corrected chi connectivity index (χ3v) is 11.6. The minimum absolute atomic E-state index is 0.224. The van der Waals surface area contributed by atoms with Crippen molar-refractivity contribution < 1.29 is 0 Å². The van der Waals surface area contributed by atoms with Gasteiger partial charge in [-0.05, 0) is 93.2 Å². The zero-order valence-electron chi connectivity index (χ0n) is 29.2. The smallest absolute Gasteiger partial charge is 0.00153 e. The van der Waals surface area contributed by atoms with E-state index in [0.717, 1.165) is 12.8 Å². The maximum Gasteiger partial charge on any atom is -0.00153 e. The fraction of sp³-hybridized carbons (Fsp3) is 0.176. The van der Waals surface area contributed by atoms with E-state index in [1.165, 1.54) is 38.9 Å².